The van der Waals surface area contributed by atoms with Crippen molar-refractivity contribution in [2.45, 2.75) is 20.1 Å². The number of rotatable bonds is 7. The van der Waals surface area contributed by atoms with Crippen LogP contribution in [0.4, 0.5) is 5.82 Å². The van der Waals surface area contributed by atoms with E-state index in [0.29, 0.717) is 33.9 Å². The molecule has 158 valence electrons. The maximum absolute atomic E-state index is 12.6. The molecule has 0 aliphatic heterocycles. The number of hydrogen-bond acceptors (Lipinski definition) is 4. The molecule has 2 aromatic carbocycles. The number of carbonyl (C=O) groups is 1. The minimum Gasteiger partial charge on any atom is -0.489 e. The van der Waals surface area contributed by atoms with Crippen molar-refractivity contribution in [2.24, 2.45) is 0 Å². The van der Waals surface area contributed by atoms with Gasteiger partial charge in [0.05, 0.1) is 21.5 Å². The van der Waals surface area contributed by atoms with Gasteiger partial charge in [0, 0.05) is 17.8 Å². The first kappa shape index (κ1) is 21.4. The summed E-state index contributed by atoms with van der Waals surface area (Å²) in [5.41, 5.74) is 3.05. The highest BCUT2D eigenvalue weighted by atomic mass is 35.5. The van der Waals surface area contributed by atoms with Crippen molar-refractivity contribution in [1.82, 2.24) is 9.78 Å². The van der Waals surface area contributed by atoms with E-state index < -0.39 is 0 Å². The summed E-state index contributed by atoms with van der Waals surface area (Å²) in [4.78, 5) is 13.2. The molecule has 0 spiro atoms. The van der Waals surface area contributed by atoms with E-state index in [1.54, 1.807) is 29.1 Å². The van der Waals surface area contributed by atoms with Gasteiger partial charge in [0.25, 0.3) is 5.91 Å². The zero-order valence-electron chi connectivity index (χ0n) is 16.6. The van der Waals surface area contributed by atoms with Gasteiger partial charge < -0.3 is 10.1 Å². The second-order valence-corrected chi connectivity index (χ2v) is 8.75. The Bertz CT molecular complexity index is 1220. The number of hydrogen-bond donors (Lipinski definition) is 1. The van der Waals surface area contributed by atoms with Gasteiger partial charge in [-0.2, -0.15) is 5.10 Å². The molecule has 1 amide bonds. The molecule has 0 fully saturated rings. The number of aromatic nitrogens is 2. The van der Waals surface area contributed by atoms with Gasteiger partial charge in [0.15, 0.2) is 5.82 Å². The number of halogens is 2. The van der Waals surface area contributed by atoms with Crippen LogP contribution in [-0.2, 0) is 13.2 Å². The lowest BCUT2D eigenvalue weighted by Gasteiger charge is -2.05. The van der Waals surface area contributed by atoms with Gasteiger partial charge >= 0.3 is 0 Å². The zero-order chi connectivity index (χ0) is 21.8. The second kappa shape index (κ2) is 9.56. The van der Waals surface area contributed by atoms with Crippen LogP contribution in [0.25, 0.3) is 0 Å². The van der Waals surface area contributed by atoms with E-state index in [1.165, 1.54) is 11.3 Å². The van der Waals surface area contributed by atoms with Gasteiger partial charge in [-0.1, -0.05) is 41.4 Å². The first-order valence-corrected chi connectivity index (χ1v) is 11.2. The Morgan fingerprint density at radius 2 is 1.97 bits per heavy atom. The molecule has 0 aliphatic rings. The number of ether oxygens (including phenoxy) is 1. The lowest BCUT2D eigenvalue weighted by Crippen LogP contribution is -2.11. The molecule has 5 nitrogen and oxygen atoms in total. The SMILES string of the molecule is Cc1cccc(OCc2csc(C(=O)Nc3ccn(Cc4ccc(Cl)c(Cl)c4)n3)c2)c1. The van der Waals surface area contributed by atoms with Gasteiger partial charge in [-0.05, 0) is 53.8 Å². The maximum Gasteiger partial charge on any atom is 0.266 e. The Morgan fingerprint density at radius 3 is 2.77 bits per heavy atom. The minimum atomic E-state index is -0.202. The van der Waals surface area contributed by atoms with Crippen LogP contribution in [-0.4, -0.2) is 15.7 Å². The van der Waals surface area contributed by atoms with Crippen molar-refractivity contribution in [3.8, 4) is 5.75 Å². The molecule has 0 aliphatic carbocycles. The molecular weight excluding hydrogens is 453 g/mol. The maximum atomic E-state index is 12.6. The van der Waals surface area contributed by atoms with Crippen molar-refractivity contribution < 1.29 is 9.53 Å². The fraction of sp³-hybridized carbons (Fsp3) is 0.130. The molecule has 0 bridgehead atoms. The summed E-state index contributed by atoms with van der Waals surface area (Å²) in [7, 11) is 0. The molecule has 0 radical (unpaired) electrons. The number of carbonyl (C=O) groups excluding carboxylic acids is 1. The average molecular weight is 472 g/mol. The highest BCUT2D eigenvalue weighted by molar-refractivity contribution is 7.12. The van der Waals surface area contributed by atoms with E-state index in [2.05, 4.69) is 10.4 Å². The van der Waals surface area contributed by atoms with Crippen molar-refractivity contribution in [1.29, 1.82) is 0 Å². The third-order valence-corrected chi connectivity index (χ3v) is 6.20. The first-order valence-electron chi connectivity index (χ1n) is 9.52. The van der Waals surface area contributed by atoms with Crippen LogP contribution in [0.2, 0.25) is 10.0 Å². The highest BCUT2D eigenvalue weighted by Crippen LogP contribution is 2.23. The average Bonchev–Trinajstić information content (AvgIpc) is 3.39. The van der Waals surface area contributed by atoms with E-state index in [-0.39, 0.29) is 5.91 Å². The molecular formula is C23H19Cl2N3O2S. The van der Waals surface area contributed by atoms with E-state index in [0.717, 1.165) is 22.4 Å². The van der Waals surface area contributed by atoms with Gasteiger partial charge in [-0.3, -0.25) is 9.48 Å². The summed E-state index contributed by atoms with van der Waals surface area (Å²) in [6, 6.07) is 16.9. The van der Waals surface area contributed by atoms with E-state index in [4.69, 9.17) is 27.9 Å². The summed E-state index contributed by atoms with van der Waals surface area (Å²) in [5, 5.41) is 10.2. The van der Waals surface area contributed by atoms with Crippen LogP contribution in [0.1, 0.15) is 26.4 Å². The fourth-order valence-corrected chi connectivity index (χ4v) is 4.07. The Morgan fingerprint density at radius 1 is 1.10 bits per heavy atom. The first-order chi connectivity index (χ1) is 15.0. The molecule has 31 heavy (non-hydrogen) atoms. The van der Waals surface area contributed by atoms with Gasteiger partial charge in [0.2, 0.25) is 0 Å². The summed E-state index contributed by atoms with van der Waals surface area (Å²) in [6.07, 6.45) is 1.80. The third-order valence-electron chi connectivity index (χ3n) is 4.48. The Hall–Kier alpha value is -2.80. The number of aryl methyl sites for hydroxylation is 1. The van der Waals surface area contributed by atoms with E-state index >= 15 is 0 Å². The summed E-state index contributed by atoms with van der Waals surface area (Å²) in [6.45, 7) is 2.95. The molecule has 4 rings (SSSR count). The summed E-state index contributed by atoms with van der Waals surface area (Å²) >= 11 is 13.4. The van der Waals surface area contributed by atoms with Crippen LogP contribution < -0.4 is 10.1 Å². The van der Waals surface area contributed by atoms with Crippen molar-refractivity contribution in [3.63, 3.8) is 0 Å². The number of nitrogens with zero attached hydrogens (tertiary/aromatic N) is 2. The molecule has 4 aromatic rings. The highest BCUT2D eigenvalue weighted by Gasteiger charge is 2.12. The second-order valence-electron chi connectivity index (χ2n) is 7.03. The van der Waals surface area contributed by atoms with Crippen LogP contribution >= 0.6 is 34.5 Å². The summed E-state index contributed by atoms with van der Waals surface area (Å²) < 4.78 is 7.53. The largest absolute Gasteiger partial charge is 0.489 e. The van der Waals surface area contributed by atoms with Gasteiger partial charge in [-0.25, -0.2) is 0 Å². The molecule has 0 atom stereocenters. The van der Waals surface area contributed by atoms with Crippen LogP contribution in [0.3, 0.4) is 0 Å². The predicted molar refractivity (Wildman–Crippen MR) is 126 cm³/mol. The molecule has 0 unspecified atom stereocenters. The molecule has 8 heteroatoms. The Kier molecular flexibility index (Phi) is 6.61. The predicted octanol–water partition coefficient (Wildman–Crippen LogP) is 6.44. The molecule has 2 heterocycles. The van der Waals surface area contributed by atoms with Crippen molar-refractivity contribution in [3.05, 3.63) is 97.8 Å². The van der Waals surface area contributed by atoms with Crippen LogP contribution in [0, 0.1) is 6.92 Å². The number of anilines is 1. The number of thiophene rings is 1. The van der Waals surface area contributed by atoms with Gasteiger partial charge in [-0.15, -0.1) is 11.3 Å². The Balaban J connectivity index is 1.34. The Labute approximate surface area is 194 Å². The molecule has 0 saturated carbocycles. The normalized spacial score (nSPS) is 10.8. The molecule has 2 aromatic heterocycles. The number of benzene rings is 2. The molecule has 0 saturated heterocycles. The minimum absolute atomic E-state index is 0.202. The van der Waals surface area contributed by atoms with Crippen LogP contribution in [0.15, 0.2) is 66.2 Å². The fourth-order valence-electron chi connectivity index (χ4n) is 2.96. The number of nitrogens with one attached hydrogen (secondary N) is 1. The standard InChI is InChI=1S/C23H19Cl2N3O2S/c1-15-3-2-4-18(9-15)30-13-17-11-21(31-14-17)23(29)26-22-7-8-28(27-22)12-16-5-6-19(24)20(25)10-16/h2-11,14H,12-13H2,1H3,(H,26,27,29). The van der Waals surface area contributed by atoms with Crippen LogP contribution in [0.5, 0.6) is 5.75 Å². The van der Waals surface area contributed by atoms with Crippen molar-refractivity contribution >= 4 is 46.3 Å². The van der Waals surface area contributed by atoms with E-state index in [1.807, 2.05) is 48.7 Å². The summed E-state index contributed by atoms with van der Waals surface area (Å²) in [5.74, 6) is 1.09. The molecule has 1 N–H and O–H groups in total. The lowest BCUT2D eigenvalue weighted by molar-refractivity contribution is 0.103. The topological polar surface area (TPSA) is 56.1 Å². The lowest BCUT2D eigenvalue weighted by atomic mass is 10.2. The zero-order valence-corrected chi connectivity index (χ0v) is 19.0. The van der Waals surface area contributed by atoms with E-state index in [9.17, 15) is 4.79 Å². The third kappa shape index (κ3) is 5.67. The smallest absolute Gasteiger partial charge is 0.266 e. The van der Waals surface area contributed by atoms with Gasteiger partial charge in [0.1, 0.15) is 12.4 Å². The number of amides is 1. The van der Waals surface area contributed by atoms with Crippen molar-refractivity contribution in [2.75, 3.05) is 5.32 Å². The monoisotopic (exact) mass is 471 g/mol. The quantitative estimate of drug-likeness (QED) is 0.337.